The van der Waals surface area contributed by atoms with E-state index >= 15 is 0 Å². The zero-order valence-electron chi connectivity index (χ0n) is 12.5. The van der Waals surface area contributed by atoms with Crippen molar-refractivity contribution >= 4 is 0 Å². The molecule has 0 aromatic carbocycles. The number of nitrogens with zero attached hydrogens (tertiary/aromatic N) is 2. The summed E-state index contributed by atoms with van der Waals surface area (Å²) in [4.78, 5) is 4.59. The highest BCUT2D eigenvalue weighted by molar-refractivity contribution is 5.07. The molecule has 1 aromatic heterocycles. The minimum absolute atomic E-state index is 0.101. The molecule has 5 heteroatoms. The van der Waals surface area contributed by atoms with E-state index in [0.717, 1.165) is 19.3 Å². The lowest BCUT2D eigenvalue weighted by Gasteiger charge is -2.37. The summed E-state index contributed by atoms with van der Waals surface area (Å²) in [7, 11) is 0. The molecule has 20 heavy (non-hydrogen) atoms. The van der Waals surface area contributed by atoms with Crippen LogP contribution in [0.5, 0.6) is 0 Å². The zero-order valence-corrected chi connectivity index (χ0v) is 12.5. The van der Waals surface area contributed by atoms with Gasteiger partial charge in [-0.05, 0) is 50.9 Å². The Morgan fingerprint density at radius 3 is 2.90 bits per heavy atom. The van der Waals surface area contributed by atoms with Crippen molar-refractivity contribution in [1.29, 1.82) is 0 Å². The second-order valence-electron chi connectivity index (χ2n) is 6.45. The molecule has 1 heterocycles. The average molecular weight is 279 g/mol. The fourth-order valence-electron chi connectivity index (χ4n) is 3.39. The summed E-state index contributed by atoms with van der Waals surface area (Å²) in [6, 6.07) is -0.101. The normalized spacial score (nSPS) is 32.2. The maximum atomic E-state index is 6.15. The predicted octanol–water partition coefficient (Wildman–Crippen LogP) is 2.92. The van der Waals surface area contributed by atoms with Gasteiger partial charge in [0, 0.05) is 6.61 Å². The third-order valence-corrected chi connectivity index (χ3v) is 4.64. The molecule has 0 spiro atoms. The topological polar surface area (TPSA) is 74.2 Å². The quantitative estimate of drug-likeness (QED) is 0.897. The van der Waals surface area contributed by atoms with Gasteiger partial charge in [-0.15, -0.1) is 0 Å². The van der Waals surface area contributed by atoms with E-state index in [1.165, 1.54) is 19.3 Å². The van der Waals surface area contributed by atoms with Crippen LogP contribution in [0.2, 0.25) is 0 Å². The summed E-state index contributed by atoms with van der Waals surface area (Å²) in [6.07, 6.45) is 6.70. The van der Waals surface area contributed by atoms with Crippen LogP contribution >= 0.6 is 0 Å². The zero-order chi connectivity index (χ0) is 14.2. The molecule has 2 saturated carbocycles. The van der Waals surface area contributed by atoms with Crippen molar-refractivity contribution in [3.05, 3.63) is 11.7 Å². The minimum atomic E-state index is -0.364. The lowest BCUT2D eigenvalue weighted by Crippen LogP contribution is -2.36. The smallest absolute Gasteiger partial charge is 0.243 e. The first-order valence-corrected chi connectivity index (χ1v) is 7.88. The lowest BCUT2D eigenvalue weighted by atomic mass is 9.78. The van der Waals surface area contributed by atoms with Crippen LogP contribution in [-0.4, -0.2) is 16.7 Å². The van der Waals surface area contributed by atoms with Gasteiger partial charge in [0.05, 0.1) is 6.04 Å². The summed E-state index contributed by atoms with van der Waals surface area (Å²) in [5.41, 5.74) is 5.79. The molecule has 5 nitrogen and oxygen atoms in total. The molecule has 3 unspecified atom stereocenters. The molecule has 3 atom stereocenters. The van der Waals surface area contributed by atoms with E-state index in [2.05, 4.69) is 17.1 Å². The number of nitrogens with two attached hydrogens (primary N) is 1. The van der Waals surface area contributed by atoms with Crippen LogP contribution in [0.15, 0.2) is 4.52 Å². The molecule has 0 radical (unpaired) electrons. The second kappa shape index (κ2) is 5.45. The first kappa shape index (κ1) is 14.0. The van der Waals surface area contributed by atoms with Gasteiger partial charge in [-0.3, -0.25) is 0 Å². The van der Waals surface area contributed by atoms with Crippen LogP contribution in [-0.2, 0) is 10.3 Å². The number of ether oxygens (including phenoxy) is 1. The molecule has 0 aliphatic heterocycles. The minimum Gasteiger partial charge on any atom is -0.367 e. The van der Waals surface area contributed by atoms with E-state index in [-0.39, 0.29) is 11.6 Å². The monoisotopic (exact) mass is 279 g/mol. The Morgan fingerprint density at radius 1 is 1.45 bits per heavy atom. The largest absolute Gasteiger partial charge is 0.367 e. The highest BCUT2D eigenvalue weighted by Gasteiger charge is 2.42. The number of hydrogen-bond acceptors (Lipinski definition) is 5. The third-order valence-electron chi connectivity index (χ3n) is 4.64. The van der Waals surface area contributed by atoms with E-state index in [1.54, 1.807) is 0 Å². The first-order valence-electron chi connectivity index (χ1n) is 7.88. The molecule has 2 aliphatic rings. The molecule has 112 valence electrons. The van der Waals surface area contributed by atoms with Crippen molar-refractivity contribution in [3.63, 3.8) is 0 Å². The van der Waals surface area contributed by atoms with E-state index < -0.39 is 0 Å². The van der Waals surface area contributed by atoms with Crippen LogP contribution in [0.25, 0.3) is 0 Å². The Kier molecular flexibility index (Phi) is 3.82. The van der Waals surface area contributed by atoms with E-state index in [0.29, 0.717) is 30.2 Å². The number of rotatable bonds is 5. The summed E-state index contributed by atoms with van der Waals surface area (Å²) in [5.74, 6) is 2.45. The number of aromatic nitrogens is 2. The van der Waals surface area contributed by atoms with Gasteiger partial charge in [0.2, 0.25) is 11.7 Å². The predicted molar refractivity (Wildman–Crippen MR) is 74.9 cm³/mol. The first-order chi connectivity index (χ1) is 9.64. The van der Waals surface area contributed by atoms with Crippen LogP contribution in [0, 0.1) is 11.8 Å². The van der Waals surface area contributed by atoms with Gasteiger partial charge in [0.25, 0.3) is 0 Å². The van der Waals surface area contributed by atoms with Crippen molar-refractivity contribution in [2.24, 2.45) is 17.6 Å². The van der Waals surface area contributed by atoms with Gasteiger partial charge in [-0.2, -0.15) is 4.98 Å². The van der Waals surface area contributed by atoms with Crippen molar-refractivity contribution in [3.8, 4) is 0 Å². The molecular formula is C15H25N3O2. The van der Waals surface area contributed by atoms with Gasteiger partial charge in [0.1, 0.15) is 5.60 Å². The van der Waals surface area contributed by atoms with Gasteiger partial charge in [0.15, 0.2) is 0 Å². The summed E-state index contributed by atoms with van der Waals surface area (Å²) in [6.45, 7) is 4.97. The van der Waals surface area contributed by atoms with Gasteiger partial charge >= 0.3 is 0 Å². The number of hydrogen-bond donors (Lipinski definition) is 1. The Labute approximate surface area is 120 Å². The molecule has 0 amide bonds. The Hall–Kier alpha value is -0.940. The van der Waals surface area contributed by atoms with E-state index in [1.807, 2.05) is 6.92 Å². The Balaban J connectivity index is 1.83. The highest BCUT2D eigenvalue weighted by Crippen LogP contribution is 2.43. The lowest BCUT2D eigenvalue weighted by molar-refractivity contribution is -0.0891. The summed E-state index contributed by atoms with van der Waals surface area (Å²) in [5, 5.41) is 4.21. The summed E-state index contributed by atoms with van der Waals surface area (Å²) < 4.78 is 11.5. The van der Waals surface area contributed by atoms with Crippen molar-refractivity contribution in [2.45, 2.75) is 64.0 Å². The van der Waals surface area contributed by atoms with Gasteiger partial charge in [-0.25, -0.2) is 0 Å². The molecule has 0 saturated heterocycles. The Bertz CT molecular complexity index is 454. The molecular weight excluding hydrogens is 254 g/mol. The van der Waals surface area contributed by atoms with E-state index in [4.69, 9.17) is 15.0 Å². The van der Waals surface area contributed by atoms with Crippen LogP contribution < -0.4 is 5.73 Å². The Morgan fingerprint density at radius 2 is 2.25 bits per heavy atom. The molecule has 3 rings (SSSR count). The molecule has 2 aliphatic carbocycles. The fourth-order valence-corrected chi connectivity index (χ4v) is 3.39. The summed E-state index contributed by atoms with van der Waals surface area (Å²) >= 11 is 0. The van der Waals surface area contributed by atoms with Gasteiger partial charge < -0.3 is 15.0 Å². The van der Waals surface area contributed by atoms with Gasteiger partial charge in [-0.1, -0.05) is 18.5 Å². The van der Waals surface area contributed by atoms with Crippen LogP contribution in [0.4, 0.5) is 0 Å². The maximum Gasteiger partial charge on any atom is 0.243 e. The standard InChI is InChI=1S/C15H25N3O2/c1-3-19-15(8-4-5-10(2)9-15)14-17-13(20-18-14)12(16)11-6-7-11/h10-12H,3-9,16H2,1-2H3. The van der Waals surface area contributed by atoms with Crippen molar-refractivity contribution < 1.29 is 9.26 Å². The van der Waals surface area contributed by atoms with Crippen molar-refractivity contribution in [2.75, 3.05) is 6.61 Å². The molecule has 2 fully saturated rings. The maximum absolute atomic E-state index is 6.15. The van der Waals surface area contributed by atoms with Crippen LogP contribution in [0.1, 0.15) is 70.1 Å². The average Bonchev–Trinajstić information content (AvgIpc) is 3.15. The highest BCUT2D eigenvalue weighted by atomic mass is 16.5. The van der Waals surface area contributed by atoms with Crippen LogP contribution in [0.3, 0.4) is 0 Å². The van der Waals surface area contributed by atoms with Crippen molar-refractivity contribution in [1.82, 2.24) is 10.1 Å². The second-order valence-corrected chi connectivity index (χ2v) is 6.45. The fraction of sp³-hybridized carbons (Fsp3) is 0.867. The molecule has 1 aromatic rings. The SMILES string of the molecule is CCOC1(c2noc(C(N)C3CC3)n2)CCCC(C)C1. The molecule has 0 bridgehead atoms. The third kappa shape index (κ3) is 2.61. The molecule has 2 N–H and O–H groups in total. The van der Waals surface area contributed by atoms with E-state index in [9.17, 15) is 0 Å².